The highest BCUT2D eigenvalue weighted by Crippen LogP contribution is 2.30. The van der Waals surface area contributed by atoms with Gasteiger partial charge < -0.3 is 10.2 Å². The number of aromatic nitrogens is 2. The van der Waals surface area contributed by atoms with E-state index in [1.165, 1.54) is 19.3 Å². The smallest absolute Gasteiger partial charge is 0.147 e. The third kappa shape index (κ3) is 4.75. The van der Waals surface area contributed by atoms with Crippen molar-refractivity contribution in [2.75, 3.05) is 11.4 Å². The van der Waals surface area contributed by atoms with Crippen LogP contribution in [0, 0.1) is 5.92 Å². The van der Waals surface area contributed by atoms with Gasteiger partial charge in [0.25, 0.3) is 0 Å². The van der Waals surface area contributed by atoms with E-state index in [1.807, 2.05) is 12.4 Å². The molecule has 1 aromatic heterocycles. The Morgan fingerprint density at radius 2 is 1.95 bits per heavy atom. The second-order valence-corrected chi connectivity index (χ2v) is 6.51. The van der Waals surface area contributed by atoms with Crippen molar-refractivity contribution in [1.29, 1.82) is 0 Å². The number of nitrogens with one attached hydrogen (secondary N) is 1. The lowest BCUT2D eigenvalue weighted by molar-refractivity contribution is 0.566. The Kier molecular flexibility index (Phi) is 5.35. The third-order valence-corrected chi connectivity index (χ3v) is 3.61. The van der Waals surface area contributed by atoms with Crippen LogP contribution in [0.15, 0.2) is 12.4 Å². The van der Waals surface area contributed by atoms with Gasteiger partial charge in [-0.25, -0.2) is 4.98 Å². The van der Waals surface area contributed by atoms with Crippen LogP contribution in [0.25, 0.3) is 0 Å². The van der Waals surface area contributed by atoms with Crippen LogP contribution in [-0.2, 0) is 6.54 Å². The normalized spacial score (nSPS) is 15.1. The number of hydrogen-bond donors (Lipinski definition) is 1. The van der Waals surface area contributed by atoms with Crippen LogP contribution in [0.2, 0.25) is 0 Å². The Morgan fingerprint density at radius 1 is 1.20 bits per heavy atom. The molecule has 0 radical (unpaired) electrons. The standard InChI is InChI=1S/C16H28N4/c1-12(2)7-8-20(15-5-6-15)16-11-18-14(10-19-16)9-17-13(3)4/h10-13,15,17H,5-9H2,1-4H3. The van der Waals surface area contributed by atoms with Crippen molar-refractivity contribution >= 4 is 5.82 Å². The molecule has 112 valence electrons. The van der Waals surface area contributed by atoms with Crippen LogP contribution in [0.4, 0.5) is 5.82 Å². The molecule has 1 saturated carbocycles. The SMILES string of the molecule is CC(C)CCN(c1cnc(CNC(C)C)cn1)C1CC1. The van der Waals surface area contributed by atoms with E-state index >= 15 is 0 Å². The van der Waals surface area contributed by atoms with E-state index in [2.05, 4.69) is 47.9 Å². The van der Waals surface area contributed by atoms with Gasteiger partial charge in [-0.3, -0.25) is 4.98 Å². The molecule has 1 heterocycles. The number of nitrogens with zero attached hydrogens (tertiary/aromatic N) is 3. The molecule has 0 bridgehead atoms. The molecule has 1 N–H and O–H groups in total. The minimum Gasteiger partial charge on any atom is -0.352 e. The lowest BCUT2D eigenvalue weighted by Gasteiger charge is -2.24. The summed E-state index contributed by atoms with van der Waals surface area (Å²) < 4.78 is 0. The second kappa shape index (κ2) is 7.02. The molecule has 0 unspecified atom stereocenters. The largest absolute Gasteiger partial charge is 0.352 e. The van der Waals surface area contributed by atoms with Gasteiger partial charge in [0.05, 0.1) is 18.1 Å². The van der Waals surface area contributed by atoms with E-state index < -0.39 is 0 Å². The summed E-state index contributed by atoms with van der Waals surface area (Å²) in [6.07, 6.45) is 7.67. The van der Waals surface area contributed by atoms with Crippen LogP contribution in [0.5, 0.6) is 0 Å². The first-order chi connectivity index (χ1) is 9.56. The number of anilines is 1. The average molecular weight is 276 g/mol. The molecule has 0 atom stereocenters. The van der Waals surface area contributed by atoms with E-state index in [1.54, 1.807) is 0 Å². The fraction of sp³-hybridized carbons (Fsp3) is 0.750. The predicted octanol–water partition coefficient (Wildman–Crippen LogP) is 2.99. The summed E-state index contributed by atoms with van der Waals surface area (Å²) in [5, 5.41) is 3.37. The number of rotatable bonds is 8. The molecule has 2 rings (SSSR count). The van der Waals surface area contributed by atoms with E-state index in [0.717, 1.165) is 30.5 Å². The second-order valence-electron chi connectivity index (χ2n) is 6.51. The first-order valence-electron chi connectivity index (χ1n) is 7.87. The van der Waals surface area contributed by atoms with E-state index in [9.17, 15) is 0 Å². The van der Waals surface area contributed by atoms with Crippen LogP contribution in [0.1, 0.15) is 52.7 Å². The molecular weight excluding hydrogens is 248 g/mol. The molecular formula is C16H28N4. The highest BCUT2D eigenvalue weighted by atomic mass is 15.2. The minimum atomic E-state index is 0.477. The zero-order chi connectivity index (χ0) is 14.5. The predicted molar refractivity (Wildman–Crippen MR) is 83.8 cm³/mol. The lowest BCUT2D eigenvalue weighted by atomic mass is 10.1. The Hall–Kier alpha value is -1.16. The molecule has 4 nitrogen and oxygen atoms in total. The monoisotopic (exact) mass is 276 g/mol. The summed E-state index contributed by atoms with van der Waals surface area (Å²) in [5.41, 5.74) is 1.02. The Bertz CT molecular complexity index is 395. The maximum Gasteiger partial charge on any atom is 0.147 e. The maximum atomic E-state index is 4.62. The van der Waals surface area contributed by atoms with Crippen LogP contribution in [-0.4, -0.2) is 28.6 Å². The summed E-state index contributed by atoms with van der Waals surface area (Å²) in [6, 6.07) is 1.17. The molecule has 0 spiro atoms. The lowest BCUT2D eigenvalue weighted by Crippen LogP contribution is -2.29. The van der Waals surface area contributed by atoms with Crippen molar-refractivity contribution in [3.8, 4) is 0 Å². The van der Waals surface area contributed by atoms with Crippen molar-refractivity contribution in [2.24, 2.45) is 5.92 Å². The highest BCUT2D eigenvalue weighted by molar-refractivity contribution is 5.39. The zero-order valence-corrected chi connectivity index (χ0v) is 13.3. The zero-order valence-electron chi connectivity index (χ0n) is 13.3. The van der Waals surface area contributed by atoms with E-state index in [-0.39, 0.29) is 0 Å². The van der Waals surface area contributed by atoms with Gasteiger partial charge in [-0.15, -0.1) is 0 Å². The highest BCUT2D eigenvalue weighted by Gasteiger charge is 2.29. The van der Waals surface area contributed by atoms with Crippen molar-refractivity contribution in [3.05, 3.63) is 18.1 Å². The molecule has 1 fully saturated rings. The molecule has 20 heavy (non-hydrogen) atoms. The van der Waals surface area contributed by atoms with E-state index in [4.69, 9.17) is 0 Å². The maximum absolute atomic E-state index is 4.62. The molecule has 1 aliphatic carbocycles. The van der Waals surface area contributed by atoms with Gasteiger partial charge in [-0.1, -0.05) is 27.7 Å². The van der Waals surface area contributed by atoms with Gasteiger partial charge in [0.2, 0.25) is 0 Å². The topological polar surface area (TPSA) is 41.1 Å². The summed E-state index contributed by atoms with van der Waals surface area (Å²) >= 11 is 0. The van der Waals surface area contributed by atoms with Crippen LogP contribution >= 0.6 is 0 Å². The van der Waals surface area contributed by atoms with Crippen LogP contribution < -0.4 is 10.2 Å². The van der Waals surface area contributed by atoms with Gasteiger partial charge in [0.1, 0.15) is 5.82 Å². The average Bonchev–Trinajstić information content (AvgIpc) is 3.22. The van der Waals surface area contributed by atoms with Gasteiger partial charge in [-0.2, -0.15) is 0 Å². The Morgan fingerprint density at radius 3 is 2.45 bits per heavy atom. The van der Waals surface area contributed by atoms with Gasteiger partial charge in [0, 0.05) is 25.2 Å². The summed E-state index contributed by atoms with van der Waals surface area (Å²) in [4.78, 5) is 11.6. The Balaban J connectivity index is 1.95. The summed E-state index contributed by atoms with van der Waals surface area (Å²) in [6.45, 7) is 10.7. The molecule has 1 aliphatic rings. The quantitative estimate of drug-likeness (QED) is 0.792. The molecule has 0 saturated heterocycles. The first kappa shape index (κ1) is 15.2. The molecule has 0 aliphatic heterocycles. The third-order valence-electron chi connectivity index (χ3n) is 3.61. The van der Waals surface area contributed by atoms with Crippen LogP contribution in [0.3, 0.4) is 0 Å². The van der Waals surface area contributed by atoms with Crippen molar-refractivity contribution in [2.45, 2.75) is 65.6 Å². The molecule has 1 aromatic rings. The van der Waals surface area contributed by atoms with Crippen molar-refractivity contribution in [1.82, 2.24) is 15.3 Å². The minimum absolute atomic E-state index is 0.477. The van der Waals surface area contributed by atoms with E-state index in [0.29, 0.717) is 12.1 Å². The molecule has 4 heteroatoms. The number of hydrogen-bond acceptors (Lipinski definition) is 4. The van der Waals surface area contributed by atoms with Crippen molar-refractivity contribution in [3.63, 3.8) is 0 Å². The first-order valence-corrected chi connectivity index (χ1v) is 7.87. The fourth-order valence-corrected chi connectivity index (χ4v) is 2.16. The van der Waals surface area contributed by atoms with Gasteiger partial charge in [0.15, 0.2) is 0 Å². The summed E-state index contributed by atoms with van der Waals surface area (Å²) in [7, 11) is 0. The molecule has 0 amide bonds. The Labute approximate surface area is 123 Å². The van der Waals surface area contributed by atoms with Crippen molar-refractivity contribution < 1.29 is 0 Å². The fourth-order valence-electron chi connectivity index (χ4n) is 2.16. The molecule has 0 aromatic carbocycles. The summed E-state index contributed by atoms with van der Waals surface area (Å²) in [5.74, 6) is 1.78. The van der Waals surface area contributed by atoms with Gasteiger partial charge in [-0.05, 0) is 25.2 Å². The van der Waals surface area contributed by atoms with Gasteiger partial charge >= 0.3 is 0 Å².